The van der Waals surface area contributed by atoms with Crippen molar-refractivity contribution in [2.45, 2.75) is 25.6 Å². The number of rotatable bonds is 5. The van der Waals surface area contributed by atoms with Gasteiger partial charge in [0, 0.05) is 28.7 Å². The second-order valence-corrected chi connectivity index (χ2v) is 7.48. The molecule has 0 bridgehead atoms. The Morgan fingerprint density at radius 3 is 3.04 bits per heavy atom. The first-order chi connectivity index (χ1) is 11.5. The summed E-state index contributed by atoms with van der Waals surface area (Å²) < 4.78 is 0.964. The zero-order valence-corrected chi connectivity index (χ0v) is 15.7. The molecular weight excluding hydrogens is 392 g/mol. The van der Waals surface area contributed by atoms with Crippen LogP contribution < -0.4 is 5.32 Å². The molecule has 3 rings (SSSR count). The molecule has 0 spiro atoms. The SMILES string of the molecule is CN1OC(C)(CC(=O)NCc2nccs2)N=C1c1cccc(Br)c1. The largest absolute Gasteiger partial charge is 0.349 e. The maximum atomic E-state index is 12.2. The summed E-state index contributed by atoms with van der Waals surface area (Å²) in [6.45, 7) is 2.22. The number of hydrogen-bond donors (Lipinski definition) is 1. The molecule has 0 radical (unpaired) electrons. The summed E-state index contributed by atoms with van der Waals surface area (Å²) in [5.41, 5.74) is 0.0121. The van der Waals surface area contributed by atoms with Crippen molar-refractivity contribution in [2.75, 3.05) is 7.05 Å². The number of carbonyl (C=O) groups excluding carboxylic acids is 1. The number of halogens is 1. The van der Waals surface area contributed by atoms with Crippen molar-refractivity contribution >= 4 is 39.0 Å². The summed E-state index contributed by atoms with van der Waals surface area (Å²) in [5, 5.41) is 7.21. The van der Waals surface area contributed by atoms with E-state index in [2.05, 4.69) is 31.2 Å². The van der Waals surface area contributed by atoms with Crippen LogP contribution in [0.1, 0.15) is 23.9 Å². The van der Waals surface area contributed by atoms with Crippen LogP contribution >= 0.6 is 27.3 Å². The summed E-state index contributed by atoms with van der Waals surface area (Å²) in [7, 11) is 1.79. The average molecular weight is 409 g/mol. The first-order valence-electron chi connectivity index (χ1n) is 7.39. The van der Waals surface area contributed by atoms with Crippen molar-refractivity contribution in [3.8, 4) is 0 Å². The van der Waals surface area contributed by atoms with Crippen LogP contribution in [0.15, 0.2) is 45.3 Å². The summed E-state index contributed by atoms with van der Waals surface area (Å²) in [6, 6.07) is 7.81. The highest BCUT2D eigenvalue weighted by atomic mass is 79.9. The van der Waals surface area contributed by atoms with Crippen molar-refractivity contribution in [1.82, 2.24) is 15.4 Å². The molecule has 126 valence electrons. The van der Waals surface area contributed by atoms with E-state index >= 15 is 0 Å². The molecule has 1 unspecified atom stereocenters. The molecule has 1 aliphatic rings. The lowest BCUT2D eigenvalue weighted by molar-refractivity contribution is -0.166. The summed E-state index contributed by atoms with van der Waals surface area (Å²) in [6.07, 6.45) is 1.86. The van der Waals surface area contributed by atoms with Crippen molar-refractivity contribution in [3.05, 3.63) is 50.9 Å². The van der Waals surface area contributed by atoms with E-state index in [4.69, 9.17) is 4.84 Å². The minimum absolute atomic E-state index is 0.125. The molecule has 0 fully saturated rings. The smallest absolute Gasteiger partial charge is 0.225 e. The third-order valence-electron chi connectivity index (χ3n) is 3.47. The quantitative estimate of drug-likeness (QED) is 0.825. The van der Waals surface area contributed by atoms with Crippen molar-refractivity contribution in [1.29, 1.82) is 0 Å². The average Bonchev–Trinajstić information content (AvgIpc) is 3.13. The molecule has 1 aromatic heterocycles. The number of hydroxylamine groups is 2. The second kappa shape index (κ2) is 7.00. The molecule has 1 N–H and O–H groups in total. The Hall–Kier alpha value is -1.77. The number of hydrogen-bond acceptors (Lipinski definition) is 6. The van der Waals surface area contributed by atoms with E-state index in [0.717, 1.165) is 15.0 Å². The van der Waals surface area contributed by atoms with Gasteiger partial charge in [-0.1, -0.05) is 28.1 Å². The third-order valence-corrected chi connectivity index (χ3v) is 4.74. The zero-order valence-electron chi connectivity index (χ0n) is 13.3. The number of carbonyl (C=O) groups is 1. The van der Waals surface area contributed by atoms with Gasteiger partial charge in [0.05, 0.1) is 13.0 Å². The van der Waals surface area contributed by atoms with E-state index in [1.165, 1.54) is 11.3 Å². The minimum Gasteiger partial charge on any atom is -0.349 e. The first kappa shape index (κ1) is 17.1. The van der Waals surface area contributed by atoms with Crippen LogP contribution in [0, 0.1) is 0 Å². The Labute approximate surface area is 152 Å². The Kier molecular flexibility index (Phi) is 4.98. The standard InChI is InChI=1S/C16H17BrN4O2S/c1-16(9-13(22)19-10-14-18-6-7-24-14)20-15(21(2)23-16)11-4-3-5-12(17)8-11/h3-8H,9-10H2,1-2H3,(H,19,22). The highest BCUT2D eigenvalue weighted by Gasteiger charge is 2.37. The maximum Gasteiger partial charge on any atom is 0.225 e. The summed E-state index contributed by atoms with van der Waals surface area (Å²) >= 11 is 4.96. The molecule has 2 aromatic rings. The van der Waals surface area contributed by atoms with Gasteiger partial charge in [-0.05, 0) is 19.1 Å². The van der Waals surface area contributed by atoms with Gasteiger partial charge in [-0.2, -0.15) is 0 Å². The molecule has 1 amide bonds. The number of aliphatic imine (C=N–C) groups is 1. The predicted octanol–water partition coefficient (Wildman–Crippen LogP) is 2.95. The molecule has 24 heavy (non-hydrogen) atoms. The molecule has 2 heterocycles. The van der Waals surface area contributed by atoms with Crippen LogP contribution in [0.3, 0.4) is 0 Å². The van der Waals surface area contributed by atoms with Gasteiger partial charge in [0.1, 0.15) is 5.01 Å². The van der Waals surface area contributed by atoms with Gasteiger partial charge in [-0.15, -0.1) is 11.3 Å². The fourth-order valence-electron chi connectivity index (χ4n) is 2.47. The molecular formula is C16H17BrN4O2S. The summed E-state index contributed by atoms with van der Waals surface area (Å²) in [5.74, 6) is 0.576. The number of thiazole rings is 1. The van der Waals surface area contributed by atoms with Gasteiger partial charge in [-0.3, -0.25) is 4.79 Å². The fraction of sp³-hybridized carbons (Fsp3) is 0.312. The number of benzene rings is 1. The van der Waals surface area contributed by atoms with E-state index in [-0.39, 0.29) is 12.3 Å². The summed E-state index contributed by atoms with van der Waals surface area (Å²) in [4.78, 5) is 26.8. The van der Waals surface area contributed by atoms with E-state index in [1.807, 2.05) is 29.6 Å². The van der Waals surface area contributed by atoms with Crippen molar-refractivity contribution in [3.63, 3.8) is 0 Å². The lowest BCUT2D eigenvalue weighted by atomic mass is 10.1. The van der Waals surface area contributed by atoms with E-state index < -0.39 is 5.72 Å². The van der Waals surface area contributed by atoms with Gasteiger partial charge in [0.15, 0.2) is 11.6 Å². The van der Waals surface area contributed by atoms with Gasteiger partial charge >= 0.3 is 0 Å². The Morgan fingerprint density at radius 1 is 1.50 bits per heavy atom. The van der Waals surface area contributed by atoms with Crippen molar-refractivity contribution < 1.29 is 9.63 Å². The molecule has 1 aromatic carbocycles. The Balaban J connectivity index is 1.67. The van der Waals surface area contributed by atoms with E-state index in [0.29, 0.717) is 12.4 Å². The third kappa shape index (κ3) is 4.00. The first-order valence-corrected chi connectivity index (χ1v) is 9.06. The lowest BCUT2D eigenvalue weighted by Gasteiger charge is -2.21. The number of nitrogens with zero attached hydrogens (tertiary/aromatic N) is 3. The zero-order chi connectivity index (χ0) is 17.2. The topological polar surface area (TPSA) is 66.8 Å². The Bertz CT molecular complexity index is 765. The molecule has 0 aliphatic carbocycles. The van der Waals surface area contributed by atoms with Crippen LogP contribution in [0.5, 0.6) is 0 Å². The maximum absolute atomic E-state index is 12.2. The van der Waals surface area contributed by atoms with E-state index in [1.54, 1.807) is 25.2 Å². The molecule has 1 aliphatic heterocycles. The van der Waals surface area contributed by atoms with Crippen LogP contribution in [0.2, 0.25) is 0 Å². The fourth-order valence-corrected chi connectivity index (χ4v) is 3.43. The highest BCUT2D eigenvalue weighted by molar-refractivity contribution is 9.10. The van der Waals surface area contributed by atoms with Gasteiger partial charge in [-0.25, -0.2) is 19.9 Å². The normalized spacial score (nSPS) is 20.1. The van der Waals surface area contributed by atoms with Gasteiger partial charge in [0.25, 0.3) is 0 Å². The molecule has 8 heteroatoms. The van der Waals surface area contributed by atoms with Crippen LogP contribution in [0.4, 0.5) is 0 Å². The highest BCUT2D eigenvalue weighted by Crippen LogP contribution is 2.28. The second-order valence-electron chi connectivity index (χ2n) is 5.59. The number of amides is 1. The minimum atomic E-state index is -0.917. The van der Waals surface area contributed by atoms with E-state index in [9.17, 15) is 4.79 Å². The van der Waals surface area contributed by atoms with Crippen LogP contribution in [-0.2, 0) is 16.2 Å². The van der Waals surface area contributed by atoms with Gasteiger partial charge in [0.2, 0.25) is 5.91 Å². The number of amidine groups is 1. The van der Waals surface area contributed by atoms with Gasteiger partial charge < -0.3 is 5.32 Å². The van der Waals surface area contributed by atoms with Crippen LogP contribution in [-0.4, -0.2) is 34.6 Å². The predicted molar refractivity (Wildman–Crippen MR) is 96.5 cm³/mol. The van der Waals surface area contributed by atoms with Crippen molar-refractivity contribution in [2.24, 2.45) is 4.99 Å². The molecule has 1 atom stereocenters. The lowest BCUT2D eigenvalue weighted by Crippen LogP contribution is -2.35. The Morgan fingerprint density at radius 2 is 2.33 bits per heavy atom. The van der Waals surface area contributed by atoms with Crippen LogP contribution in [0.25, 0.3) is 0 Å². The molecule has 0 saturated carbocycles. The molecule has 0 saturated heterocycles. The number of aromatic nitrogens is 1. The number of nitrogens with one attached hydrogen (secondary N) is 1. The monoisotopic (exact) mass is 408 g/mol. The molecule has 6 nitrogen and oxygen atoms in total.